The standard InChI is InChI=1S/C9H21N3O/c1-4-5-11-9(10)12-7(2)6-8(3)13/h7-8,13H,4-6H2,1-3H3,(H3,10,11,12). The van der Waals surface area contributed by atoms with E-state index in [4.69, 9.17) is 10.8 Å². The van der Waals surface area contributed by atoms with E-state index in [0.29, 0.717) is 12.4 Å². The number of aliphatic imine (C=N–C) groups is 1. The summed E-state index contributed by atoms with van der Waals surface area (Å²) >= 11 is 0. The van der Waals surface area contributed by atoms with Gasteiger partial charge in [0.15, 0.2) is 5.96 Å². The van der Waals surface area contributed by atoms with Crippen molar-refractivity contribution < 1.29 is 5.11 Å². The average molecular weight is 187 g/mol. The Morgan fingerprint density at radius 1 is 1.54 bits per heavy atom. The van der Waals surface area contributed by atoms with Gasteiger partial charge in [-0.05, 0) is 26.7 Å². The van der Waals surface area contributed by atoms with Crippen molar-refractivity contribution in [3.05, 3.63) is 0 Å². The summed E-state index contributed by atoms with van der Waals surface area (Å²) in [6.45, 7) is 6.54. The monoisotopic (exact) mass is 187 g/mol. The van der Waals surface area contributed by atoms with Crippen molar-refractivity contribution in [3.63, 3.8) is 0 Å². The van der Waals surface area contributed by atoms with Crippen LogP contribution in [0.3, 0.4) is 0 Å². The quantitative estimate of drug-likeness (QED) is 0.432. The van der Waals surface area contributed by atoms with E-state index in [9.17, 15) is 0 Å². The molecule has 13 heavy (non-hydrogen) atoms. The number of rotatable bonds is 5. The molecule has 0 rings (SSSR count). The molecule has 0 aromatic carbocycles. The van der Waals surface area contributed by atoms with Gasteiger partial charge in [0, 0.05) is 12.6 Å². The first-order valence-electron chi connectivity index (χ1n) is 4.80. The van der Waals surface area contributed by atoms with Crippen LogP contribution in [-0.2, 0) is 0 Å². The molecule has 0 radical (unpaired) electrons. The Hall–Kier alpha value is -0.770. The van der Waals surface area contributed by atoms with Gasteiger partial charge in [-0.1, -0.05) is 6.92 Å². The van der Waals surface area contributed by atoms with E-state index in [1.807, 2.05) is 6.92 Å². The summed E-state index contributed by atoms with van der Waals surface area (Å²) in [5.74, 6) is 0.468. The first kappa shape index (κ1) is 12.2. The lowest BCUT2D eigenvalue weighted by molar-refractivity contribution is 0.174. The van der Waals surface area contributed by atoms with E-state index in [2.05, 4.69) is 17.2 Å². The molecule has 0 saturated carbocycles. The van der Waals surface area contributed by atoms with Gasteiger partial charge in [-0.2, -0.15) is 0 Å². The number of nitrogens with zero attached hydrogens (tertiary/aromatic N) is 1. The van der Waals surface area contributed by atoms with Gasteiger partial charge in [0.25, 0.3) is 0 Å². The molecule has 78 valence electrons. The minimum atomic E-state index is -0.304. The van der Waals surface area contributed by atoms with Crippen LogP contribution < -0.4 is 11.1 Å². The Labute approximate surface area is 80.2 Å². The normalized spacial score (nSPS) is 16.8. The summed E-state index contributed by atoms with van der Waals surface area (Å²) in [7, 11) is 0. The number of guanidine groups is 1. The third-order valence-electron chi connectivity index (χ3n) is 1.59. The van der Waals surface area contributed by atoms with Crippen molar-refractivity contribution in [3.8, 4) is 0 Å². The number of hydrogen-bond acceptors (Lipinski definition) is 2. The van der Waals surface area contributed by atoms with Crippen molar-refractivity contribution in [2.45, 2.75) is 45.8 Å². The average Bonchev–Trinajstić information content (AvgIpc) is 1.98. The van der Waals surface area contributed by atoms with Crippen molar-refractivity contribution >= 4 is 5.96 Å². The van der Waals surface area contributed by atoms with E-state index >= 15 is 0 Å². The fourth-order valence-electron chi connectivity index (χ4n) is 1.10. The van der Waals surface area contributed by atoms with Crippen LogP contribution in [0.25, 0.3) is 0 Å². The molecule has 0 aliphatic carbocycles. The molecule has 2 atom stereocenters. The van der Waals surface area contributed by atoms with Crippen molar-refractivity contribution in [1.82, 2.24) is 5.32 Å². The minimum absolute atomic E-state index is 0.167. The lowest BCUT2D eigenvalue weighted by Gasteiger charge is -2.15. The second-order valence-corrected chi connectivity index (χ2v) is 3.40. The third-order valence-corrected chi connectivity index (χ3v) is 1.59. The van der Waals surface area contributed by atoms with Crippen LogP contribution >= 0.6 is 0 Å². The van der Waals surface area contributed by atoms with Gasteiger partial charge in [-0.25, -0.2) is 0 Å². The number of hydrogen-bond donors (Lipinski definition) is 3. The third kappa shape index (κ3) is 7.59. The van der Waals surface area contributed by atoms with Crippen molar-refractivity contribution in [1.29, 1.82) is 0 Å². The van der Waals surface area contributed by atoms with Gasteiger partial charge in [0.1, 0.15) is 0 Å². The van der Waals surface area contributed by atoms with E-state index in [0.717, 1.165) is 13.0 Å². The van der Waals surface area contributed by atoms with Crippen molar-refractivity contribution in [2.24, 2.45) is 10.7 Å². The van der Waals surface area contributed by atoms with E-state index < -0.39 is 0 Å². The van der Waals surface area contributed by atoms with E-state index in [1.165, 1.54) is 0 Å². The minimum Gasteiger partial charge on any atom is -0.393 e. The van der Waals surface area contributed by atoms with Gasteiger partial charge in [-0.15, -0.1) is 0 Å². The number of nitrogens with one attached hydrogen (secondary N) is 1. The molecule has 0 bridgehead atoms. The summed E-state index contributed by atoms with van der Waals surface area (Å²) in [5.41, 5.74) is 5.59. The molecular formula is C9H21N3O. The summed E-state index contributed by atoms with van der Waals surface area (Å²) in [6.07, 6.45) is 1.37. The van der Waals surface area contributed by atoms with Crippen LogP contribution in [-0.4, -0.2) is 29.8 Å². The molecule has 4 nitrogen and oxygen atoms in total. The first-order chi connectivity index (χ1) is 6.06. The Kier molecular flexibility index (Phi) is 6.32. The summed E-state index contributed by atoms with van der Waals surface area (Å²) < 4.78 is 0. The molecule has 4 heteroatoms. The first-order valence-corrected chi connectivity index (χ1v) is 4.80. The smallest absolute Gasteiger partial charge is 0.188 e. The molecule has 0 amide bonds. The lowest BCUT2D eigenvalue weighted by atomic mass is 10.2. The van der Waals surface area contributed by atoms with Crippen LogP contribution in [0.2, 0.25) is 0 Å². The predicted octanol–water partition coefficient (Wildman–Crippen LogP) is 0.460. The molecular weight excluding hydrogens is 166 g/mol. The SMILES string of the molecule is CCCN=C(N)NC(C)CC(C)O. The number of nitrogens with two attached hydrogens (primary N) is 1. The summed E-state index contributed by atoms with van der Waals surface area (Å²) in [5, 5.41) is 12.1. The van der Waals surface area contributed by atoms with Crippen LogP contribution in [0.5, 0.6) is 0 Å². The van der Waals surface area contributed by atoms with E-state index in [1.54, 1.807) is 6.92 Å². The zero-order valence-electron chi connectivity index (χ0n) is 8.75. The number of aliphatic hydroxyl groups excluding tert-OH is 1. The molecule has 0 aromatic rings. The largest absolute Gasteiger partial charge is 0.393 e. The fourth-order valence-corrected chi connectivity index (χ4v) is 1.10. The molecule has 0 aliphatic rings. The highest BCUT2D eigenvalue weighted by molar-refractivity contribution is 5.78. The maximum absolute atomic E-state index is 9.09. The highest BCUT2D eigenvalue weighted by Crippen LogP contribution is 1.95. The van der Waals surface area contributed by atoms with Gasteiger partial charge < -0.3 is 16.2 Å². The lowest BCUT2D eigenvalue weighted by Crippen LogP contribution is -2.39. The second kappa shape index (κ2) is 6.71. The van der Waals surface area contributed by atoms with Crippen LogP contribution in [0, 0.1) is 0 Å². The Bertz CT molecular complexity index is 157. The molecule has 0 heterocycles. The Balaban J connectivity index is 3.70. The summed E-state index contributed by atoms with van der Waals surface area (Å²) in [6, 6.07) is 0.167. The molecule has 0 spiro atoms. The fraction of sp³-hybridized carbons (Fsp3) is 0.889. The van der Waals surface area contributed by atoms with E-state index in [-0.39, 0.29) is 12.1 Å². The van der Waals surface area contributed by atoms with Crippen LogP contribution in [0.4, 0.5) is 0 Å². The van der Waals surface area contributed by atoms with Gasteiger partial charge in [0.05, 0.1) is 6.10 Å². The molecule has 0 fully saturated rings. The molecule has 0 saturated heterocycles. The zero-order chi connectivity index (χ0) is 10.3. The zero-order valence-corrected chi connectivity index (χ0v) is 8.75. The maximum Gasteiger partial charge on any atom is 0.188 e. The topological polar surface area (TPSA) is 70.6 Å². The van der Waals surface area contributed by atoms with Crippen LogP contribution in [0.1, 0.15) is 33.6 Å². The molecule has 4 N–H and O–H groups in total. The van der Waals surface area contributed by atoms with Gasteiger partial charge in [0.2, 0.25) is 0 Å². The highest BCUT2D eigenvalue weighted by Gasteiger charge is 2.05. The van der Waals surface area contributed by atoms with Gasteiger partial charge >= 0.3 is 0 Å². The Morgan fingerprint density at radius 2 is 2.15 bits per heavy atom. The maximum atomic E-state index is 9.09. The highest BCUT2D eigenvalue weighted by atomic mass is 16.3. The number of aliphatic hydroxyl groups is 1. The van der Waals surface area contributed by atoms with Crippen molar-refractivity contribution in [2.75, 3.05) is 6.54 Å². The summed E-state index contributed by atoms with van der Waals surface area (Å²) in [4.78, 5) is 4.09. The van der Waals surface area contributed by atoms with Gasteiger partial charge in [-0.3, -0.25) is 4.99 Å². The molecule has 0 aliphatic heterocycles. The Morgan fingerprint density at radius 3 is 2.62 bits per heavy atom. The predicted molar refractivity (Wildman–Crippen MR) is 55.7 cm³/mol. The second-order valence-electron chi connectivity index (χ2n) is 3.40. The van der Waals surface area contributed by atoms with Crippen LogP contribution in [0.15, 0.2) is 4.99 Å². The molecule has 0 aromatic heterocycles. The molecule has 2 unspecified atom stereocenters.